The summed E-state index contributed by atoms with van der Waals surface area (Å²) >= 11 is 0. The zero-order chi connectivity index (χ0) is 16.7. The minimum absolute atomic E-state index is 0.132. The third-order valence-electron chi connectivity index (χ3n) is 3.99. The maximum Gasteiger partial charge on any atom is 0.254 e. The molecule has 1 aliphatic heterocycles. The predicted octanol–water partition coefficient (Wildman–Crippen LogP) is 1.80. The Bertz CT molecular complexity index is 861. The van der Waals surface area contributed by atoms with Crippen LogP contribution in [0.15, 0.2) is 16.9 Å². The Labute approximate surface area is 131 Å². The summed E-state index contributed by atoms with van der Waals surface area (Å²) in [5.41, 5.74) is 1.38. The van der Waals surface area contributed by atoms with E-state index in [-0.39, 0.29) is 23.5 Å². The molecule has 1 aliphatic rings. The first-order valence-electron chi connectivity index (χ1n) is 7.21. The van der Waals surface area contributed by atoms with Crippen LogP contribution in [0.25, 0.3) is 0 Å². The quantitative estimate of drug-likeness (QED) is 0.918. The normalized spacial score (nSPS) is 13.3. The zero-order valence-corrected chi connectivity index (χ0v) is 12.7. The number of nitrogens with one attached hydrogen (secondary N) is 1. The molecule has 23 heavy (non-hydrogen) atoms. The monoisotopic (exact) mass is 319 g/mol. The van der Waals surface area contributed by atoms with Crippen molar-refractivity contribution < 1.29 is 13.6 Å². The van der Waals surface area contributed by atoms with Gasteiger partial charge in [0, 0.05) is 23.9 Å². The van der Waals surface area contributed by atoms with Crippen LogP contribution in [0.4, 0.5) is 14.5 Å². The van der Waals surface area contributed by atoms with Gasteiger partial charge in [0.25, 0.3) is 5.56 Å². The van der Waals surface area contributed by atoms with Crippen LogP contribution in [0.2, 0.25) is 0 Å². The molecule has 0 atom stereocenters. The molecule has 7 heteroatoms. The molecule has 0 spiro atoms. The summed E-state index contributed by atoms with van der Waals surface area (Å²) in [7, 11) is 0. The Balaban J connectivity index is 1.90. The van der Waals surface area contributed by atoms with E-state index in [1.165, 1.54) is 4.90 Å². The van der Waals surface area contributed by atoms with Crippen molar-refractivity contribution >= 4 is 11.6 Å². The molecule has 3 rings (SSSR count). The number of halogens is 2. The van der Waals surface area contributed by atoms with Gasteiger partial charge in [-0.15, -0.1) is 0 Å². The fourth-order valence-electron chi connectivity index (χ4n) is 2.85. The van der Waals surface area contributed by atoms with Gasteiger partial charge >= 0.3 is 0 Å². The molecule has 0 saturated carbocycles. The van der Waals surface area contributed by atoms with E-state index >= 15 is 0 Å². The molecule has 5 nitrogen and oxygen atoms in total. The van der Waals surface area contributed by atoms with Crippen molar-refractivity contribution in [2.24, 2.45) is 0 Å². The number of hydrogen-bond donors (Lipinski definition) is 1. The lowest BCUT2D eigenvalue weighted by Crippen LogP contribution is -2.33. The zero-order valence-electron chi connectivity index (χ0n) is 12.7. The molecule has 1 amide bonds. The van der Waals surface area contributed by atoms with Gasteiger partial charge in [0.15, 0.2) is 11.6 Å². The van der Waals surface area contributed by atoms with Crippen LogP contribution >= 0.6 is 0 Å². The number of aromatic nitrogens is 2. The Hall–Kier alpha value is -2.57. The first-order valence-corrected chi connectivity index (χ1v) is 7.21. The predicted molar refractivity (Wildman–Crippen MR) is 80.5 cm³/mol. The summed E-state index contributed by atoms with van der Waals surface area (Å²) in [6.07, 6.45) is 0.326. The number of anilines is 1. The molecule has 0 radical (unpaired) electrons. The smallest absolute Gasteiger partial charge is 0.254 e. The van der Waals surface area contributed by atoms with E-state index in [4.69, 9.17) is 0 Å². The van der Waals surface area contributed by atoms with E-state index in [1.807, 2.05) is 0 Å². The maximum absolute atomic E-state index is 13.4. The van der Waals surface area contributed by atoms with Crippen molar-refractivity contribution in [2.75, 3.05) is 11.4 Å². The molecule has 0 aliphatic carbocycles. The van der Waals surface area contributed by atoms with E-state index in [0.29, 0.717) is 35.7 Å². The van der Waals surface area contributed by atoms with Crippen molar-refractivity contribution in [1.29, 1.82) is 0 Å². The number of nitrogens with zero attached hydrogens (tertiary/aromatic N) is 2. The second-order valence-corrected chi connectivity index (χ2v) is 5.58. The van der Waals surface area contributed by atoms with Crippen molar-refractivity contribution in [3.05, 3.63) is 56.8 Å². The molecule has 1 aromatic carbocycles. The summed E-state index contributed by atoms with van der Waals surface area (Å²) in [5, 5.41) is 0. The maximum atomic E-state index is 13.4. The molecule has 1 N–H and O–H groups in total. The molecular formula is C16H15F2N3O2. The molecule has 1 aromatic heterocycles. The van der Waals surface area contributed by atoms with Gasteiger partial charge in [-0.1, -0.05) is 0 Å². The summed E-state index contributed by atoms with van der Waals surface area (Å²) in [5.74, 6) is -1.77. The van der Waals surface area contributed by atoms with Crippen molar-refractivity contribution in [1.82, 2.24) is 9.97 Å². The number of carbonyl (C=O) groups excluding carboxylic acids is 1. The summed E-state index contributed by atoms with van der Waals surface area (Å²) in [4.78, 5) is 32.6. The first-order chi connectivity index (χ1) is 10.9. The topological polar surface area (TPSA) is 66.1 Å². The van der Waals surface area contributed by atoms with Crippen LogP contribution in [0.1, 0.15) is 22.6 Å². The molecule has 0 unspecified atom stereocenters. The number of aryl methyl sites for hydroxylation is 2. The molecule has 120 valence electrons. The van der Waals surface area contributed by atoms with Gasteiger partial charge in [0.1, 0.15) is 5.82 Å². The Morgan fingerprint density at radius 1 is 1.30 bits per heavy atom. The Kier molecular flexibility index (Phi) is 3.71. The number of hydrogen-bond acceptors (Lipinski definition) is 3. The van der Waals surface area contributed by atoms with E-state index in [0.717, 1.165) is 12.1 Å². The average Bonchev–Trinajstić information content (AvgIpc) is 2.86. The molecule has 0 bridgehead atoms. The largest absolute Gasteiger partial charge is 0.311 e. The van der Waals surface area contributed by atoms with Gasteiger partial charge in [0.05, 0.1) is 12.1 Å². The number of H-pyrrole nitrogens is 1. The van der Waals surface area contributed by atoms with Crippen LogP contribution in [-0.2, 0) is 17.6 Å². The van der Waals surface area contributed by atoms with Crippen LogP contribution in [0, 0.1) is 25.5 Å². The highest BCUT2D eigenvalue weighted by Crippen LogP contribution is 2.30. The van der Waals surface area contributed by atoms with Crippen molar-refractivity contribution in [2.45, 2.75) is 26.7 Å². The van der Waals surface area contributed by atoms with Gasteiger partial charge in [0.2, 0.25) is 5.91 Å². The number of carbonyl (C=O) groups is 1. The van der Waals surface area contributed by atoms with Crippen molar-refractivity contribution in [3.63, 3.8) is 0 Å². The Morgan fingerprint density at radius 2 is 2.00 bits per heavy atom. The molecule has 0 saturated heterocycles. The average molecular weight is 319 g/mol. The molecule has 2 aromatic rings. The van der Waals surface area contributed by atoms with Gasteiger partial charge in [-0.3, -0.25) is 9.59 Å². The van der Waals surface area contributed by atoms with E-state index in [2.05, 4.69) is 9.97 Å². The van der Waals surface area contributed by atoms with Crippen LogP contribution in [0.5, 0.6) is 0 Å². The second-order valence-electron chi connectivity index (χ2n) is 5.58. The summed E-state index contributed by atoms with van der Waals surface area (Å²) in [6, 6.07) is 2.14. The van der Waals surface area contributed by atoms with Crippen molar-refractivity contribution in [3.8, 4) is 0 Å². The van der Waals surface area contributed by atoms with E-state index < -0.39 is 11.6 Å². The SMILES string of the molecule is Cc1nc(C)c(CC(=O)N2CCc3cc(F)c(F)cc32)c(=O)[nH]1. The van der Waals surface area contributed by atoms with Crippen LogP contribution in [0.3, 0.4) is 0 Å². The van der Waals surface area contributed by atoms with Gasteiger partial charge in [-0.05, 0) is 31.9 Å². The number of aromatic amines is 1. The third-order valence-corrected chi connectivity index (χ3v) is 3.99. The summed E-state index contributed by atoms with van der Waals surface area (Å²) < 4.78 is 26.7. The lowest BCUT2D eigenvalue weighted by molar-refractivity contribution is -0.117. The minimum atomic E-state index is -0.991. The van der Waals surface area contributed by atoms with Gasteiger partial charge in [-0.2, -0.15) is 0 Å². The fourth-order valence-corrected chi connectivity index (χ4v) is 2.85. The first kappa shape index (κ1) is 15.3. The standard InChI is InChI=1S/C16H15F2N3O2/c1-8-11(16(23)20-9(2)19-8)6-15(22)21-4-3-10-5-12(17)13(18)7-14(10)21/h5,7H,3-4,6H2,1-2H3,(H,19,20,23). The highest BCUT2D eigenvalue weighted by molar-refractivity contribution is 5.96. The number of amides is 1. The highest BCUT2D eigenvalue weighted by atomic mass is 19.2. The number of benzene rings is 1. The van der Waals surface area contributed by atoms with E-state index in [9.17, 15) is 18.4 Å². The lowest BCUT2D eigenvalue weighted by atomic mass is 10.1. The number of rotatable bonds is 2. The molecule has 2 heterocycles. The lowest BCUT2D eigenvalue weighted by Gasteiger charge is -2.17. The van der Waals surface area contributed by atoms with Gasteiger partial charge < -0.3 is 9.88 Å². The van der Waals surface area contributed by atoms with E-state index in [1.54, 1.807) is 13.8 Å². The number of fused-ring (bicyclic) bond motifs is 1. The Morgan fingerprint density at radius 3 is 2.70 bits per heavy atom. The minimum Gasteiger partial charge on any atom is -0.311 e. The van der Waals surface area contributed by atoms with Gasteiger partial charge in [-0.25, -0.2) is 13.8 Å². The molecule has 0 fully saturated rings. The highest BCUT2D eigenvalue weighted by Gasteiger charge is 2.27. The third kappa shape index (κ3) is 2.74. The van der Waals surface area contributed by atoms with Crippen LogP contribution in [-0.4, -0.2) is 22.4 Å². The fraction of sp³-hybridized carbons (Fsp3) is 0.312. The summed E-state index contributed by atoms with van der Waals surface area (Å²) in [6.45, 7) is 3.67. The second kappa shape index (κ2) is 5.57. The molecular weight excluding hydrogens is 304 g/mol. The van der Waals surface area contributed by atoms with Crippen LogP contribution < -0.4 is 10.5 Å².